The molecule has 0 aliphatic heterocycles. The Bertz CT molecular complexity index is 1520. The lowest BCUT2D eigenvalue weighted by atomic mass is 10.0. The number of carbonyl (C=O) groups is 1. The smallest absolute Gasteiger partial charge is 0.284 e. The van der Waals surface area contributed by atoms with Crippen LogP contribution >= 0.6 is 0 Å². The molecule has 3 aromatic carbocycles. The number of aromatic hydroxyl groups is 1. The Labute approximate surface area is 189 Å². The van der Waals surface area contributed by atoms with Gasteiger partial charge < -0.3 is 15.4 Å². The number of anilines is 1. The van der Waals surface area contributed by atoms with Crippen molar-refractivity contribution in [1.82, 2.24) is 14.6 Å². The van der Waals surface area contributed by atoms with Gasteiger partial charge in [0, 0.05) is 12.5 Å². The van der Waals surface area contributed by atoms with E-state index in [2.05, 4.69) is 10.3 Å². The first-order valence-corrected chi connectivity index (χ1v) is 10.4. The van der Waals surface area contributed by atoms with Crippen LogP contribution in [0, 0.1) is 0 Å². The number of benzene rings is 3. The highest BCUT2D eigenvalue weighted by atomic mass is 16.3. The number of nitrogens with zero attached hydrogens (tertiary/aromatic N) is 2. The van der Waals surface area contributed by atoms with Crippen molar-refractivity contribution in [3.63, 3.8) is 0 Å². The summed E-state index contributed by atoms with van der Waals surface area (Å²) >= 11 is 0. The van der Waals surface area contributed by atoms with Crippen LogP contribution in [0.25, 0.3) is 39.2 Å². The van der Waals surface area contributed by atoms with E-state index in [1.165, 1.54) is 23.6 Å². The Balaban J connectivity index is 1.89. The van der Waals surface area contributed by atoms with E-state index in [9.17, 15) is 14.7 Å². The molecule has 7 nitrogen and oxygen atoms in total. The number of aromatic nitrogens is 3. The van der Waals surface area contributed by atoms with Gasteiger partial charge in [-0.2, -0.15) is 9.61 Å². The van der Waals surface area contributed by atoms with Crippen molar-refractivity contribution in [3.8, 4) is 39.3 Å². The Morgan fingerprint density at radius 1 is 0.848 bits per heavy atom. The minimum Gasteiger partial charge on any atom is -0.508 e. The molecule has 5 rings (SSSR count). The molecule has 33 heavy (non-hydrogen) atoms. The van der Waals surface area contributed by atoms with Crippen molar-refractivity contribution in [1.29, 1.82) is 0 Å². The van der Waals surface area contributed by atoms with Gasteiger partial charge in [-0.25, -0.2) is 0 Å². The van der Waals surface area contributed by atoms with E-state index in [0.717, 1.165) is 16.7 Å². The first-order valence-electron chi connectivity index (χ1n) is 10.4. The third kappa shape index (κ3) is 3.65. The summed E-state index contributed by atoms with van der Waals surface area (Å²) in [5.41, 5.74) is 4.01. The molecule has 2 heterocycles. The van der Waals surface area contributed by atoms with Gasteiger partial charge in [-0.05, 0) is 23.3 Å². The van der Waals surface area contributed by atoms with Crippen molar-refractivity contribution in [2.24, 2.45) is 0 Å². The highest BCUT2D eigenvalue weighted by molar-refractivity contribution is 5.95. The number of nitrogens with one attached hydrogen (secondary N) is 2. The number of phenolic OH excluding ortho intramolecular Hbond substituents is 1. The summed E-state index contributed by atoms with van der Waals surface area (Å²) in [7, 11) is 0. The number of carbonyl (C=O) groups excluding carboxylic acids is 1. The molecule has 7 heteroatoms. The topological polar surface area (TPSA) is 99.5 Å². The summed E-state index contributed by atoms with van der Waals surface area (Å²) in [5.74, 6) is 0.0237. The number of aromatic amines is 1. The van der Waals surface area contributed by atoms with Gasteiger partial charge in [-0.1, -0.05) is 72.8 Å². The molecule has 0 aliphatic rings. The quantitative estimate of drug-likeness (QED) is 0.381. The van der Waals surface area contributed by atoms with Gasteiger partial charge in [-0.3, -0.25) is 9.59 Å². The molecule has 0 unspecified atom stereocenters. The average Bonchev–Trinajstić information content (AvgIpc) is 3.21. The SMILES string of the molecule is CC(=O)Nc1[nH]c2c(-c3ccccc3)c(-c3ccccc3)nn2c(=O)c1-c1ccc(O)cc1. The molecule has 5 aromatic rings. The maximum absolute atomic E-state index is 13.7. The number of hydrogen-bond donors (Lipinski definition) is 3. The van der Waals surface area contributed by atoms with E-state index in [4.69, 9.17) is 5.10 Å². The van der Waals surface area contributed by atoms with Crippen LogP contribution in [0.3, 0.4) is 0 Å². The van der Waals surface area contributed by atoms with Crippen molar-refractivity contribution >= 4 is 17.4 Å². The van der Waals surface area contributed by atoms with Gasteiger partial charge in [0.05, 0.1) is 11.1 Å². The van der Waals surface area contributed by atoms with Crippen LogP contribution in [0.4, 0.5) is 5.82 Å². The van der Waals surface area contributed by atoms with Crippen molar-refractivity contribution in [2.45, 2.75) is 6.92 Å². The molecule has 0 radical (unpaired) electrons. The maximum Gasteiger partial charge on any atom is 0.284 e. The Morgan fingerprint density at radius 3 is 2.03 bits per heavy atom. The number of amides is 1. The predicted octanol–water partition coefficient (Wildman–Crippen LogP) is 4.69. The molecule has 0 saturated carbocycles. The van der Waals surface area contributed by atoms with Gasteiger partial charge in [0.1, 0.15) is 22.9 Å². The molecule has 3 N–H and O–H groups in total. The lowest BCUT2D eigenvalue weighted by Crippen LogP contribution is -2.21. The maximum atomic E-state index is 13.7. The predicted molar refractivity (Wildman–Crippen MR) is 128 cm³/mol. The molecule has 162 valence electrons. The average molecular weight is 436 g/mol. The van der Waals surface area contributed by atoms with Crippen LogP contribution in [0.5, 0.6) is 5.75 Å². The molecule has 0 atom stereocenters. The van der Waals surface area contributed by atoms with Crippen molar-refractivity contribution in [3.05, 3.63) is 95.3 Å². The molecule has 0 bridgehead atoms. The summed E-state index contributed by atoms with van der Waals surface area (Å²) < 4.78 is 1.33. The number of fused-ring (bicyclic) bond motifs is 1. The molecule has 0 saturated heterocycles. The summed E-state index contributed by atoms with van der Waals surface area (Å²) in [6.45, 7) is 1.38. The van der Waals surface area contributed by atoms with E-state index < -0.39 is 5.56 Å². The summed E-state index contributed by atoms with van der Waals surface area (Å²) in [5, 5.41) is 17.1. The zero-order valence-corrected chi connectivity index (χ0v) is 17.7. The number of hydrogen-bond acceptors (Lipinski definition) is 4. The van der Waals surface area contributed by atoms with Crippen molar-refractivity contribution < 1.29 is 9.90 Å². The van der Waals surface area contributed by atoms with Gasteiger partial charge in [-0.15, -0.1) is 0 Å². The lowest BCUT2D eigenvalue weighted by Gasteiger charge is -2.11. The van der Waals surface area contributed by atoms with Crippen LogP contribution in [-0.2, 0) is 4.79 Å². The monoisotopic (exact) mass is 436 g/mol. The Kier molecular flexibility index (Phi) is 4.99. The van der Waals surface area contributed by atoms with Crippen molar-refractivity contribution in [2.75, 3.05) is 5.32 Å². The third-order valence-corrected chi connectivity index (χ3v) is 5.35. The van der Waals surface area contributed by atoms with Gasteiger partial charge in [0.25, 0.3) is 5.56 Å². The zero-order chi connectivity index (χ0) is 22.9. The second-order valence-electron chi connectivity index (χ2n) is 7.62. The molecular weight excluding hydrogens is 416 g/mol. The van der Waals surface area contributed by atoms with Gasteiger partial charge in [0.15, 0.2) is 0 Å². The molecule has 2 aromatic heterocycles. The van der Waals surface area contributed by atoms with Gasteiger partial charge in [0.2, 0.25) is 5.91 Å². The van der Waals surface area contributed by atoms with E-state index in [-0.39, 0.29) is 23.0 Å². The first-order chi connectivity index (χ1) is 16.0. The van der Waals surface area contributed by atoms with E-state index in [1.54, 1.807) is 12.1 Å². The summed E-state index contributed by atoms with van der Waals surface area (Å²) in [6, 6.07) is 25.5. The second-order valence-corrected chi connectivity index (χ2v) is 7.62. The fourth-order valence-corrected chi connectivity index (χ4v) is 3.92. The molecule has 0 fully saturated rings. The summed E-state index contributed by atoms with van der Waals surface area (Å²) in [4.78, 5) is 28.9. The normalized spacial score (nSPS) is 10.9. The number of rotatable bonds is 4. The third-order valence-electron chi connectivity index (χ3n) is 5.35. The largest absolute Gasteiger partial charge is 0.508 e. The molecule has 1 amide bonds. The van der Waals surface area contributed by atoms with Crippen LogP contribution in [0.1, 0.15) is 6.92 Å². The number of phenols is 1. The second kappa shape index (κ2) is 8.12. The number of H-pyrrole nitrogens is 1. The highest BCUT2D eigenvalue weighted by Crippen LogP contribution is 2.35. The fraction of sp³-hybridized carbons (Fsp3) is 0.0385. The van der Waals surface area contributed by atoms with E-state index in [0.29, 0.717) is 16.9 Å². The fourth-order valence-electron chi connectivity index (χ4n) is 3.92. The van der Waals surface area contributed by atoms with E-state index >= 15 is 0 Å². The Morgan fingerprint density at radius 2 is 1.42 bits per heavy atom. The zero-order valence-electron chi connectivity index (χ0n) is 17.7. The van der Waals surface area contributed by atoms with Crippen LogP contribution < -0.4 is 10.9 Å². The minimum absolute atomic E-state index is 0.0779. The minimum atomic E-state index is -0.391. The van der Waals surface area contributed by atoms with Gasteiger partial charge >= 0.3 is 0 Å². The molecule has 0 spiro atoms. The lowest BCUT2D eigenvalue weighted by molar-refractivity contribution is -0.114. The first kappa shape index (κ1) is 20.3. The molecule has 0 aliphatic carbocycles. The molecular formula is C26H20N4O3. The summed E-state index contributed by atoms with van der Waals surface area (Å²) in [6.07, 6.45) is 0. The van der Waals surface area contributed by atoms with Crippen LogP contribution in [-0.4, -0.2) is 25.6 Å². The highest BCUT2D eigenvalue weighted by Gasteiger charge is 2.23. The standard InChI is InChI=1S/C26H20N4O3/c1-16(31)27-24-22(18-12-14-20(32)15-13-18)26(33)30-25(28-24)21(17-8-4-2-5-9-17)23(29-30)19-10-6-3-7-11-19/h2-15,28,32H,1H3,(H,27,31). The van der Waals surface area contributed by atoms with E-state index in [1.807, 2.05) is 60.7 Å². The Hall–Kier alpha value is -4.65. The van der Waals surface area contributed by atoms with Crippen LogP contribution in [0.2, 0.25) is 0 Å². The van der Waals surface area contributed by atoms with Crippen LogP contribution in [0.15, 0.2) is 89.7 Å².